The predicted molar refractivity (Wildman–Crippen MR) is 79.9 cm³/mol. The van der Waals surface area contributed by atoms with E-state index in [4.69, 9.17) is 0 Å². The third-order valence-corrected chi connectivity index (χ3v) is 3.87. The highest BCUT2D eigenvalue weighted by atomic mass is 32.1. The normalized spacial score (nSPS) is 10.9. The first-order valence-electron chi connectivity index (χ1n) is 6.63. The first-order chi connectivity index (χ1) is 10.2. The minimum absolute atomic E-state index is 0.110. The van der Waals surface area contributed by atoms with Gasteiger partial charge in [-0.3, -0.25) is 9.20 Å². The largest absolute Gasteiger partial charge is 0.355 e. The smallest absolute Gasteiger partial charge is 0.224 e. The molecule has 0 bridgehead atoms. The second-order valence-electron chi connectivity index (χ2n) is 4.73. The van der Waals surface area contributed by atoms with E-state index < -0.39 is 0 Å². The molecule has 6 heteroatoms. The van der Waals surface area contributed by atoms with Crippen LogP contribution in [-0.4, -0.2) is 21.8 Å². The van der Waals surface area contributed by atoms with Gasteiger partial charge in [0.25, 0.3) is 0 Å². The van der Waals surface area contributed by atoms with Gasteiger partial charge in [0.15, 0.2) is 4.96 Å². The second kappa shape index (κ2) is 6.05. The van der Waals surface area contributed by atoms with Crippen molar-refractivity contribution in [1.82, 2.24) is 14.7 Å². The zero-order chi connectivity index (χ0) is 14.7. The van der Waals surface area contributed by atoms with Crippen LogP contribution < -0.4 is 5.32 Å². The number of carbonyl (C=O) groups excluding carboxylic acids is 1. The lowest BCUT2D eigenvalue weighted by molar-refractivity contribution is -0.120. The minimum atomic E-state index is -0.321. The number of halogens is 1. The van der Waals surface area contributed by atoms with E-state index in [1.807, 2.05) is 22.2 Å². The molecule has 3 aromatic rings. The number of fused-ring (bicyclic) bond motifs is 1. The van der Waals surface area contributed by atoms with Gasteiger partial charge in [0.1, 0.15) is 5.82 Å². The fourth-order valence-corrected chi connectivity index (χ4v) is 2.84. The molecule has 0 aliphatic carbocycles. The predicted octanol–water partition coefficient (Wildman–Crippen LogP) is 2.44. The number of hydrogen-bond donors (Lipinski definition) is 1. The Bertz CT molecular complexity index is 736. The van der Waals surface area contributed by atoms with Gasteiger partial charge < -0.3 is 5.32 Å². The molecule has 21 heavy (non-hydrogen) atoms. The number of imidazole rings is 1. The number of thiazole rings is 1. The number of aromatic nitrogens is 2. The summed E-state index contributed by atoms with van der Waals surface area (Å²) >= 11 is 1.58. The maximum absolute atomic E-state index is 13.0. The number of rotatable bonds is 5. The molecule has 0 radical (unpaired) electrons. The lowest BCUT2D eigenvalue weighted by Gasteiger charge is -2.04. The van der Waals surface area contributed by atoms with E-state index in [0.29, 0.717) is 18.5 Å². The number of nitrogens with one attached hydrogen (secondary N) is 1. The molecule has 108 valence electrons. The zero-order valence-electron chi connectivity index (χ0n) is 11.3. The van der Waals surface area contributed by atoms with E-state index >= 15 is 0 Å². The van der Waals surface area contributed by atoms with Gasteiger partial charge in [-0.15, -0.1) is 11.3 Å². The fraction of sp³-hybridized carbons (Fsp3) is 0.200. The van der Waals surface area contributed by atoms with Crippen LogP contribution in [0.4, 0.5) is 4.39 Å². The van der Waals surface area contributed by atoms with Crippen LogP contribution in [0.2, 0.25) is 0 Å². The molecule has 0 fully saturated rings. The molecule has 1 N–H and O–H groups in total. The van der Waals surface area contributed by atoms with Crippen molar-refractivity contribution in [2.24, 2.45) is 0 Å². The van der Waals surface area contributed by atoms with Crippen LogP contribution in [0.15, 0.2) is 42.0 Å². The molecule has 0 spiro atoms. The van der Waals surface area contributed by atoms with Gasteiger partial charge in [-0.1, -0.05) is 12.1 Å². The molecule has 0 aliphatic heterocycles. The van der Waals surface area contributed by atoms with E-state index in [9.17, 15) is 9.18 Å². The van der Waals surface area contributed by atoms with Crippen molar-refractivity contribution in [2.45, 2.75) is 12.8 Å². The van der Waals surface area contributed by atoms with Crippen molar-refractivity contribution in [2.75, 3.05) is 6.54 Å². The lowest BCUT2D eigenvalue weighted by Crippen LogP contribution is -2.27. The molecule has 2 heterocycles. The summed E-state index contributed by atoms with van der Waals surface area (Å²) in [5, 5.41) is 4.81. The standard InChI is InChI=1S/C15H14FN3OS/c16-12-3-1-2-11(8-12)9-14(20)17-5-4-13-10-19-6-7-21-15(19)18-13/h1-3,6-8,10H,4-5,9H2,(H,17,20). The third-order valence-electron chi connectivity index (χ3n) is 3.10. The maximum atomic E-state index is 13.0. The third kappa shape index (κ3) is 3.46. The highest BCUT2D eigenvalue weighted by molar-refractivity contribution is 7.15. The summed E-state index contributed by atoms with van der Waals surface area (Å²) < 4.78 is 15.0. The van der Waals surface area contributed by atoms with Crippen molar-refractivity contribution in [3.63, 3.8) is 0 Å². The summed E-state index contributed by atoms with van der Waals surface area (Å²) in [5.41, 5.74) is 1.63. The quantitative estimate of drug-likeness (QED) is 0.787. The SMILES string of the molecule is O=C(Cc1cccc(F)c1)NCCc1cn2ccsc2n1. The monoisotopic (exact) mass is 303 g/mol. The average molecular weight is 303 g/mol. The summed E-state index contributed by atoms with van der Waals surface area (Å²) in [6, 6.07) is 6.09. The van der Waals surface area contributed by atoms with Crippen molar-refractivity contribution in [3.8, 4) is 0 Å². The molecule has 3 rings (SSSR count). The van der Waals surface area contributed by atoms with Crippen LogP contribution in [0.5, 0.6) is 0 Å². The number of nitrogens with zero attached hydrogens (tertiary/aromatic N) is 2. The molecule has 2 aromatic heterocycles. The van der Waals surface area contributed by atoms with Crippen LogP contribution in [0, 0.1) is 5.82 Å². The highest BCUT2D eigenvalue weighted by Gasteiger charge is 2.06. The first-order valence-corrected chi connectivity index (χ1v) is 7.51. The zero-order valence-corrected chi connectivity index (χ0v) is 12.1. The van der Waals surface area contributed by atoms with Crippen LogP contribution >= 0.6 is 11.3 Å². The minimum Gasteiger partial charge on any atom is -0.355 e. The molecule has 4 nitrogen and oxygen atoms in total. The van der Waals surface area contributed by atoms with Crippen molar-refractivity contribution in [3.05, 3.63) is 59.1 Å². The first kappa shape index (κ1) is 13.8. The molecule has 0 saturated heterocycles. The van der Waals surface area contributed by atoms with E-state index in [2.05, 4.69) is 10.3 Å². The van der Waals surface area contributed by atoms with Crippen LogP contribution in [0.3, 0.4) is 0 Å². The summed E-state index contributed by atoms with van der Waals surface area (Å²) in [4.78, 5) is 17.2. The Hall–Kier alpha value is -2.21. The van der Waals surface area contributed by atoms with Crippen LogP contribution in [0.25, 0.3) is 4.96 Å². The molecule has 0 saturated carbocycles. The maximum Gasteiger partial charge on any atom is 0.224 e. The Kier molecular flexibility index (Phi) is 3.96. The second-order valence-corrected chi connectivity index (χ2v) is 5.60. The molecule has 0 aliphatic rings. The Morgan fingerprint density at radius 2 is 2.33 bits per heavy atom. The van der Waals surface area contributed by atoms with Gasteiger partial charge in [-0.25, -0.2) is 9.37 Å². The van der Waals surface area contributed by atoms with E-state index in [-0.39, 0.29) is 18.1 Å². The van der Waals surface area contributed by atoms with Crippen molar-refractivity contribution in [1.29, 1.82) is 0 Å². The van der Waals surface area contributed by atoms with Crippen LogP contribution in [0.1, 0.15) is 11.3 Å². The van der Waals surface area contributed by atoms with E-state index in [1.54, 1.807) is 23.5 Å². The topological polar surface area (TPSA) is 46.4 Å². The molecule has 0 atom stereocenters. The summed E-state index contributed by atoms with van der Waals surface area (Å²) in [7, 11) is 0. The van der Waals surface area contributed by atoms with Gasteiger partial charge in [0.2, 0.25) is 5.91 Å². The Labute approximate surface area is 125 Å². The molecule has 1 aromatic carbocycles. The molecule has 0 unspecified atom stereocenters. The van der Waals surface area contributed by atoms with E-state index in [1.165, 1.54) is 12.1 Å². The van der Waals surface area contributed by atoms with Crippen LogP contribution in [-0.2, 0) is 17.6 Å². The lowest BCUT2D eigenvalue weighted by atomic mass is 10.1. The number of amides is 1. The number of benzene rings is 1. The summed E-state index contributed by atoms with van der Waals surface area (Å²) in [6.07, 6.45) is 4.79. The Balaban J connectivity index is 1.48. The highest BCUT2D eigenvalue weighted by Crippen LogP contribution is 2.11. The van der Waals surface area contributed by atoms with Gasteiger partial charge >= 0.3 is 0 Å². The molecular formula is C15H14FN3OS. The molecular weight excluding hydrogens is 289 g/mol. The van der Waals surface area contributed by atoms with Gasteiger partial charge in [0.05, 0.1) is 12.1 Å². The summed E-state index contributed by atoms with van der Waals surface area (Å²) in [5.74, 6) is -0.431. The molecule has 1 amide bonds. The van der Waals surface area contributed by atoms with Crippen molar-refractivity contribution >= 4 is 22.2 Å². The number of hydrogen-bond acceptors (Lipinski definition) is 3. The fourth-order valence-electron chi connectivity index (χ4n) is 2.12. The van der Waals surface area contributed by atoms with Gasteiger partial charge in [-0.2, -0.15) is 0 Å². The summed E-state index contributed by atoms with van der Waals surface area (Å²) in [6.45, 7) is 0.527. The Morgan fingerprint density at radius 1 is 1.43 bits per heavy atom. The number of carbonyl (C=O) groups is 1. The van der Waals surface area contributed by atoms with Gasteiger partial charge in [0, 0.05) is 30.7 Å². The average Bonchev–Trinajstić information content (AvgIpc) is 2.99. The van der Waals surface area contributed by atoms with Gasteiger partial charge in [-0.05, 0) is 17.7 Å². The Morgan fingerprint density at radius 3 is 3.14 bits per heavy atom. The van der Waals surface area contributed by atoms with Crippen molar-refractivity contribution < 1.29 is 9.18 Å². The van der Waals surface area contributed by atoms with E-state index in [0.717, 1.165) is 10.7 Å².